The van der Waals surface area contributed by atoms with E-state index in [9.17, 15) is 0 Å². The van der Waals surface area contributed by atoms with Gasteiger partial charge in [-0.05, 0) is 6.54 Å². The van der Waals surface area contributed by atoms with Crippen molar-refractivity contribution < 1.29 is 64.7 Å². The van der Waals surface area contributed by atoms with E-state index in [-0.39, 0.29) is 51.4 Å². The monoisotopic (exact) mass is 165 g/mol. The van der Waals surface area contributed by atoms with Crippen molar-refractivity contribution in [3.05, 3.63) is 0 Å². The molecule has 1 unspecified atom stereocenters. The molecule has 0 rings (SSSR count). The summed E-state index contributed by atoms with van der Waals surface area (Å²) in [6.45, 7) is 2.65. The van der Waals surface area contributed by atoms with Crippen molar-refractivity contribution in [1.82, 2.24) is 0 Å². The van der Waals surface area contributed by atoms with Crippen molar-refractivity contribution in [3.8, 4) is 0 Å². The molecule has 0 aliphatic carbocycles. The second kappa shape index (κ2) is 15.9. The molecule has 1 atom stereocenters. The van der Waals surface area contributed by atoms with Crippen molar-refractivity contribution >= 4 is 11.4 Å². The maximum atomic E-state index is 8.56. The largest absolute Gasteiger partial charge is 1.00 e. The molecule has 8 heavy (non-hydrogen) atoms. The normalized spacial score (nSPS) is 10.0. The second-order valence-corrected chi connectivity index (χ2v) is 1.06. The van der Waals surface area contributed by atoms with Crippen LogP contribution in [-0.2, 0) is 11.4 Å². The van der Waals surface area contributed by atoms with Crippen LogP contribution in [0.1, 0.15) is 6.92 Å². The van der Waals surface area contributed by atoms with E-state index in [2.05, 4.69) is 0 Å². The molecule has 0 aromatic heterocycles. The van der Waals surface area contributed by atoms with Gasteiger partial charge in [0, 0.05) is 0 Å². The van der Waals surface area contributed by atoms with Gasteiger partial charge in [0.1, 0.15) is 0 Å². The predicted molar refractivity (Wildman–Crippen MR) is 26.3 cm³/mol. The molecule has 0 aromatic rings. The minimum atomic E-state index is -2.86. The Labute approximate surface area is 93.8 Å². The third-order valence-corrected chi connectivity index (χ3v) is 0. The Morgan fingerprint density at radius 1 is 1.88 bits per heavy atom. The molecule has 6 heteroatoms. The summed E-state index contributed by atoms with van der Waals surface area (Å²) in [4.78, 5) is 0. The Hall–Kier alpha value is 1.67. The fourth-order valence-electron chi connectivity index (χ4n) is 0. The Kier molecular flexibility index (Phi) is 32.4. The van der Waals surface area contributed by atoms with Gasteiger partial charge in [-0.15, -0.1) is 0 Å². The summed E-state index contributed by atoms with van der Waals surface area (Å²) in [6, 6.07) is 0. The van der Waals surface area contributed by atoms with E-state index in [1.54, 1.807) is 0 Å². The predicted octanol–water partition coefficient (Wildman–Crippen LogP) is -3.69. The third kappa shape index (κ3) is 123. The summed E-state index contributed by atoms with van der Waals surface area (Å²) >= 11 is -2.86. The zero-order valence-electron chi connectivity index (χ0n) is 4.96. The van der Waals surface area contributed by atoms with E-state index in [0.717, 1.165) is 6.54 Å². The molecular formula is C2H8KNO3S. The molecule has 0 saturated carbocycles. The molecule has 0 aromatic carbocycles. The summed E-state index contributed by atoms with van der Waals surface area (Å²) in [6.07, 6.45) is 0. The van der Waals surface area contributed by atoms with Gasteiger partial charge in [0.25, 0.3) is 0 Å². The standard InChI is InChI=1S/C2H7N.K.H2O3S/c1-2-3;;1-4(2)3/h2-3H2,1H3;;(H2,1,2,3)/q;+1;/p-1. The summed E-state index contributed by atoms with van der Waals surface area (Å²) in [5.41, 5.74) is 4.85. The molecule has 46 valence electrons. The maximum absolute atomic E-state index is 8.56. The molecule has 0 spiro atoms. The Balaban J connectivity index is -0.0000000575. The van der Waals surface area contributed by atoms with Crippen molar-refractivity contribution in [1.29, 1.82) is 0 Å². The first-order chi connectivity index (χ1) is 3.15. The average molecular weight is 165 g/mol. The molecule has 0 aliphatic rings. The van der Waals surface area contributed by atoms with Gasteiger partial charge in [-0.25, -0.2) is 4.21 Å². The van der Waals surface area contributed by atoms with E-state index in [0.29, 0.717) is 0 Å². The van der Waals surface area contributed by atoms with Gasteiger partial charge in [-0.3, -0.25) is 0 Å². The molecule has 0 bridgehead atoms. The Morgan fingerprint density at radius 3 is 1.88 bits per heavy atom. The van der Waals surface area contributed by atoms with Crippen molar-refractivity contribution in [2.24, 2.45) is 5.73 Å². The molecular weight excluding hydrogens is 157 g/mol. The van der Waals surface area contributed by atoms with Gasteiger partial charge in [0.15, 0.2) is 0 Å². The zero-order valence-corrected chi connectivity index (χ0v) is 8.90. The van der Waals surface area contributed by atoms with Crippen molar-refractivity contribution in [3.63, 3.8) is 0 Å². The minimum Gasteiger partial charge on any atom is -0.750 e. The molecule has 0 radical (unpaired) electrons. The van der Waals surface area contributed by atoms with E-state index in [1.807, 2.05) is 6.92 Å². The van der Waals surface area contributed by atoms with Gasteiger partial charge in [-0.1, -0.05) is 6.92 Å². The Morgan fingerprint density at radius 2 is 1.88 bits per heavy atom. The van der Waals surface area contributed by atoms with E-state index < -0.39 is 11.4 Å². The second-order valence-electron chi connectivity index (χ2n) is 0.625. The molecule has 4 nitrogen and oxygen atoms in total. The molecule has 0 saturated heterocycles. The van der Waals surface area contributed by atoms with E-state index >= 15 is 0 Å². The minimum absolute atomic E-state index is 0. The van der Waals surface area contributed by atoms with Crippen LogP contribution in [-0.4, -0.2) is 19.9 Å². The van der Waals surface area contributed by atoms with Crippen LogP contribution in [0.4, 0.5) is 0 Å². The van der Waals surface area contributed by atoms with Crippen LogP contribution in [0.25, 0.3) is 0 Å². The van der Waals surface area contributed by atoms with Crippen molar-refractivity contribution in [2.75, 3.05) is 6.54 Å². The first-order valence-corrected chi connectivity index (χ1v) is 2.66. The topological polar surface area (TPSA) is 86.4 Å². The molecule has 0 fully saturated rings. The van der Waals surface area contributed by atoms with Gasteiger partial charge in [0.05, 0.1) is 11.4 Å². The van der Waals surface area contributed by atoms with Crippen LogP contribution in [0.5, 0.6) is 0 Å². The van der Waals surface area contributed by atoms with Crippen LogP contribution in [0.3, 0.4) is 0 Å². The van der Waals surface area contributed by atoms with Gasteiger partial charge < -0.3 is 14.8 Å². The van der Waals surface area contributed by atoms with E-state index in [1.165, 1.54) is 0 Å². The summed E-state index contributed by atoms with van der Waals surface area (Å²) < 4.78 is 24.1. The molecule has 0 aliphatic heterocycles. The first kappa shape index (κ1) is 16.3. The van der Waals surface area contributed by atoms with Crippen LogP contribution in [0.15, 0.2) is 0 Å². The zero-order chi connectivity index (χ0) is 6.28. The number of hydrogen-bond donors (Lipinski definition) is 2. The maximum Gasteiger partial charge on any atom is 1.00 e. The fourth-order valence-corrected chi connectivity index (χ4v) is 0. The SMILES string of the molecule is CCN.O=S([O-])O.[K+]. The first-order valence-electron chi connectivity index (χ1n) is 1.63. The van der Waals surface area contributed by atoms with Gasteiger partial charge >= 0.3 is 51.4 Å². The average Bonchev–Trinajstić information content (AvgIpc) is 1.33. The number of nitrogens with two attached hydrogens (primary N) is 1. The molecule has 3 N–H and O–H groups in total. The van der Waals surface area contributed by atoms with Gasteiger partial charge in [-0.2, -0.15) is 0 Å². The number of rotatable bonds is 0. The summed E-state index contributed by atoms with van der Waals surface area (Å²) in [5, 5.41) is 0. The van der Waals surface area contributed by atoms with Crippen LogP contribution in [0.2, 0.25) is 0 Å². The Bertz CT molecular complexity index is 48.5. The summed E-state index contributed by atoms with van der Waals surface area (Å²) in [7, 11) is 0. The van der Waals surface area contributed by atoms with Crippen molar-refractivity contribution in [2.45, 2.75) is 6.92 Å². The van der Waals surface area contributed by atoms with E-state index in [4.69, 9.17) is 19.0 Å². The quantitative estimate of drug-likeness (QED) is 0.286. The van der Waals surface area contributed by atoms with Crippen LogP contribution in [0, 0.1) is 0 Å². The number of hydrogen-bond acceptors (Lipinski definition) is 3. The van der Waals surface area contributed by atoms with Crippen LogP contribution < -0.4 is 57.1 Å². The summed E-state index contributed by atoms with van der Waals surface area (Å²) in [5.74, 6) is 0. The van der Waals surface area contributed by atoms with Gasteiger partial charge in [0.2, 0.25) is 0 Å². The molecule has 0 amide bonds. The third-order valence-electron chi connectivity index (χ3n) is 0. The van der Waals surface area contributed by atoms with Crippen LogP contribution >= 0.6 is 0 Å². The molecule has 0 heterocycles. The smallest absolute Gasteiger partial charge is 0.750 e. The fraction of sp³-hybridized carbons (Fsp3) is 1.00.